The van der Waals surface area contributed by atoms with Crippen LogP contribution in [0.25, 0.3) is 16.8 Å². The zero-order chi connectivity index (χ0) is 20.7. The minimum absolute atomic E-state index is 0.0289. The number of carbonyl (C=O) groups is 2. The molecule has 154 valence electrons. The zero-order valence-electron chi connectivity index (χ0n) is 16.4. The summed E-state index contributed by atoms with van der Waals surface area (Å²) in [7, 11) is 0. The molecule has 1 aliphatic carbocycles. The number of nitrogens with zero attached hydrogens (tertiary/aromatic N) is 4. The highest BCUT2D eigenvalue weighted by Gasteiger charge is 2.30. The van der Waals surface area contributed by atoms with Gasteiger partial charge < -0.3 is 20.0 Å². The van der Waals surface area contributed by atoms with Crippen LogP contribution in [0.4, 0.5) is 0 Å². The lowest BCUT2D eigenvalue weighted by Crippen LogP contribution is -2.41. The molecule has 0 bridgehead atoms. The number of rotatable bonds is 5. The Morgan fingerprint density at radius 1 is 1.27 bits per heavy atom. The molecular formula is C20H21N7O3. The van der Waals surface area contributed by atoms with Crippen LogP contribution in [-0.2, 0) is 4.79 Å². The average Bonchev–Trinajstić information content (AvgIpc) is 3.50. The van der Waals surface area contributed by atoms with E-state index in [1.165, 1.54) is 0 Å². The number of aromatic amines is 1. The van der Waals surface area contributed by atoms with Crippen molar-refractivity contribution in [3.05, 3.63) is 47.9 Å². The van der Waals surface area contributed by atoms with Crippen LogP contribution < -0.4 is 10.6 Å². The Kier molecular flexibility index (Phi) is 4.46. The lowest BCUT2D eigenvalue weighted by atomic mass is 10.1. The van der Waals surface area contributed by atoms with Gasteiger partial charge in [-0.2, -0.15) is 0 Å². The van der Waals surface area contributed by atoms with Crippen molar-refractivity contribution in [3.63, 3.8) is 0 Å². The number of carbonyl (C=O) groups excluding carboxylic acids is 2. The Labute approximate surface area is 171 Å². The molecule has 10 heteroatoms. The molecular weight excluding hydrogens is 386 g/mol. The number of aryl methyl sites for hydroxylation is 1. The molecule has 0 unspecified atom stereocenters. The van der Waals surface area contributed by atoms with E-state index in [1.807, 2.05) is 16.7 Å². The average molecular weight is 407 g/mol. The third-order valence-electron chi connectivity index (χ3n) is 5.50. The quantitative estimate of drug-likeness (QED) is 0.461. The second kappa shape index (κ2) is 7.29. The number of hydrogen-bond donors (Lipinski definition) is 3. The fourth-order valence-corrected chi connectivity index (χ4v) is 4.09. The molecule has 0 radical (unpaired) electrons. The second-order valence-corrected chi connectivity index (χ2v) is 7.59. The third-order valence-corrected chi connectivity index (χ3v) is 5.50. The van der Waals surface area contributed by atoms with Gasteiger partial charge in [0.15, 0.2) is 17.1 Å². The van der Waals surface area contributed by atoms with Crippen LogP contribution in [-0.4, -0.2) is 49.0 Å². The second-order valence-electron chi connectivity index (χ2n) is 7.59. The Morgan fingerprint density at radius 2 is 2.17 bits per heavy atom. The van der Waals surface area contributed by atoms with Crippen LogP contribution >= 0.6 is 0 Å². The van der Waals surface area contributed by atoms with Gasteiger partial charge in [-0.3, -0.25) is 14.0 Å². The minimum Gasteiger partial charge on any atom is -0.456 e. The number of fused-ring (bicyclic) bond motifs is 3. The van der Waals surface area contributed by atoms with E-state index in [4.69, 9.17) is 4.42 Å². The Balaban J connectivity index is 1.21. The molecule has 1 fully saturated rings. The highest BCUT2D eigenvalue weighted by Crippen LogP contribution is 2.34. The van der Waals surface area contributed by atoms with Crippen molar-refractivity contribution in [2.75, 3.05) is 6.54 Å². The Bertz CT molecular complexity index is 1240. The summed E-state index contributed by atoms with van der Waals surface area (Å²) in [5.41, 5.74) is 2.44. The summed E-state index contributed by atoms with van der Waals surface area (Å²) in [6, 6.07) is 5.28. The maximum Gasteiger partial charge on any atom is 0.287 e. The molecule has 2 atom stereocenters. The standard InChI is InChI=1S/C20H21N7O3/c1-11-2-5-15(30-11)20(29)23-10-17(28)24-13-4-3-12(8-13)19-26-25-16-9-22-18-14(27(16)19)6-7-21-18/h2,5-7,9,12-13,21H,3-4,8,10H2,1H3,(H,23,29)(H,24,28)/t12-,13+/m1/s1. The van der Waals surface area contributed by atoms with E-state index in [1.54, 1.807) is 25.3 Å². The first-order valence-corrected chi connectivity index (χ1v) is 9.89. The first-order chi connectivity index (χ1) is 14.6. The fraction of sp³-hybridized carbons (Fsp3) is 0.350. The molecule has 4 aromatic rings. The van der Waals surface area contributed by atoms with Gasteiger partial charge in [0.2, 0.25) is 5.91 Å². The van der Waals surface area contributed by atoms with Gasteiger partial charge in [0.1, 0.15) is 11.6 Å². The Morgan fingerprint density at radius 3 is 3.00 bits per heavy atom. The summed E-state index contributed by atoms with van der Waals surface area (Å²) in [4.78, 5) is 31.7. The summed E-state index contributed by atoms with van der Waals surface area (Å²) in [6.45, 7) is 1.67. The van der Waals surface area contributed by atoms with E-state index < -0.39 is 5.91 Å². The number of furan rings is 1. The SMILES string of the molecule is Cc1ccc(C(=O)NCC(=O)N[C@H]2CC[C@@H](c3nnc4cnc5[nH]ccc5n34)C2)o1. The summed E-state index contributed by atoms with van der Waals surface area (Å²) in [6.07, 6.45) is 6.06. The van der Waals surface area contributed by atoms with Gasteiger partial charge >= 0.3 is 0 Å². The van der Waals surface area contributed by atoms with Gasteiger partial charge in [-0.15, -0.1) is 10.2 Å². The predicted octanol–water partition coefficient (Wildman–Crippen LogP) is 1.69. The molecule has 3 N–H and O–H groups in total. The van der Waals surface area contributed by atoms with Crippen molar-refractivity contribution in [2.45, 2.75) is 38.1 Å². The van der Waals surface area contributed by atoms with Crippen molar-refractivity contribution >= 4 is 28.6 Å². The smallest absolute Gasteiger partial charge is 0.287 e. The van der Waals surface area contributed by atoms with Crippen molar-refractivity contribution in [1.82, 2.24) is 35.2 Å². The van der Waals surface area contributed by atoms with Crippen molar-refractivity contribution in [2.24, 2.45) is 0 Å². The summed E-state index contributed by atoms with van der Waals surface area (Å²) >= 11 is 0. The molecule has 4 aromatic heterocycles. The van der Waals surface area contributed by atoms with Crippen molar-refractivity contribution in [1.29, 1.82) is 0 Å². The number of aromatic nitrogens is 5. The maximum absolute atomic E-state index is 12.3. The largest absolute Gasteiger partial charge is 0.456 e. The van der Waals surface area contributed by atoms with Crippen LogP contribution in [0, 0.1) is 6.92 Å². The highest BCUT2D eigenvalue weighted by molar-refractivity contribution is 5.94. The monoisotopic (exact) mass is 407 g/mol. The highest BCUT2D eigenvalue weighted by atomic mass is 16.3. The topological polar surface area (TPSA) is 130 Å². The predicted molar refractivity (Wildman–Crippen MR) is 107 cm³/mol. The van der Waals surface area contributed by atoms with Gasteiger partial charge in [0, 0.05) is 18.2 Å². The van der Waals surface area contributed by atoms with Crippen LogP contribution in [0.3, 0.4) is 0 Å². The van der Waals surface area contributed by atoms with E-state index >= 15 is 0 Å². The molecule has 5 rings (SSSR count). The normalized spacial score (nSPS) is 18.8. The minimum atomic E-state index is -0.401. The third kappa shape index (κ3) is 3.30. The van der Waals surface area contributed by atoms with Gasteiger partial charge in [-0.1, -0.05) is 0 Å². The summed E-state index contributed by atoms with van der Waals surface area (Å²) < 4.78 is 7.29. The molecule has 0 aliphatic heterocycles. The lowest BCUT2D eigenvalue weighted by Gasteiger charge is -2.13. The number of hydrogen-bond acceptors (Lipinski definition) is 6. The van der Waals surface area contributed by atoms with Crippen molar-refractivity contribution < 1.29 is 14.0 Å². The first kappa shape index (κ1) is 18.3. The van der Waals surface area contributed by atoms with Crippen LogP contribution in [0.2, 0.25) is 0 Å². The molecule has 0 saturated heterocycles. The van der Waals surface area contributed by atoms with E-state index in [9.17, 15) is 9.59 Å². The van der Waals surface area contributed by atoms with E-state index in [0.29, 0.717) is 11.4 Å². The van der Waals surface area contributed by atoms with E-state index in [0.717, 1.165) is 36.3 Å². The Hall–Kier alpha value is -3.69. The van der Waals surface area contributed by atoms with Gasteiger partial charge in [0.25, 0.3) is 5.91 Å². The molecule has 0 aromatic carbocycles. The van der Waals surface area contributed by atoms with Gasteiger partial charge in [-0.05, 0) is 44.4 Å². The van der Waals surface area contributed by atoms with Gasteiger partial charge in [-0.25, -0.2) is 4.98 Å². The first-order valence-electron chi connectivity index (χ1n) is 9.89. The molecule has 10 nitrogen and oxygen atoms in total. The molecule has 0 spiro atoms. The fourth-order valence-electron chi connectivity index (χ4n) is 4.09. The van der Waals surface area contributed by atoms with Crippen LogP contribution in [0.15, 0.2) is 35.0 Å². The lowest BCUT2D eigenvalue weighted by molar-refractivity contribution is -0.120. The zero-order valence-corrected chi connectivity index (χ0v) is 16.4. The molecule has 1 aliphatic rings. The van der Waals surface area contributed by atoms with Crippen molar-refractivity contribution in [3.8, 4) is 0 Å². The number of nitrogens with one attached hydrogen (secondary N) is 3. The molecule has 30 heavy (non-hydrogen) atoms. The molecule has 1 saturated carbocycles. The van der Waals surface area contributed by atoms with Gasteiger partial charge in [0.05, 0.1) is 18.3 Å². The van der Waals surface area contributed by atoms with Crippen LogP contribution in [0.1, 0.15) is 47.3 Å². The number of H-pyrrole nitrogens is 1. The summed E-state index contributed by atoms with van der Waals surface area (Å²) in [5, 5.41) is 14.2. The maximum atomic E-state index is 12.3. The van der Waals surface area contributed by atoms with Crippen LogP contribution in [0.5, 0.6) is 0 Å². The number of amides is 2. The molecule has 2 amide bonds. The summed E-state index contributed by atoms with van der Waals surface area (Å²) in [5.74, 6) is 1.30. The van der Waals surface area contributed by atoms with E-state index in [-0.39, 0.29) is 30.2 Å². The molecule has 4 heterocycles. The van der Waals surface area contributed by atoms with E-state index in [2.05, 4.69) is 30.8 Å².